The lowest BCUT2D eigenvalue weighted by Gasteiger charge is -2.13. The molecular formula is C19H22OS. The van der Waals surface area contributed by atoms with Crippen LogP contribution in [0.3, 0.4) is 0 Å². The lowest BCUT2D eigenvalue weighted by atomic mass is 9.96. The van der Waals surface area contributed by atoms with E-state index in [-0.39, 0.29) is 5.78 Å². The van der Waals surface area contributed by atoms with Crippen molar-refractivity contribution in [2.24, 2.45) is 0 Å². The molecule has 1 unspecified atom stereocenters. The van der Waals surface area contributed by atoms with Crippen LogP contribution in [0.4, 0.5) is 0 Å². The third-order valence-corrected chi connectivity index (χ3v) is 5.05. The molecule has 21 heavy (non-hydrogen) atoms. The van der Waals surface area contributed by atoms with Gasteiger partial charge in [-0.1, -0.05) is 24.3 Å². The van der Waals surface area contributed by atoms with Crippen molar-refractivity contribution in [1.82, 2.24) is 0 Å². The van der Waals surface area contributed by atoms with Crippen LogP contribution >= 0.6 is 11.8 Å². The van der Waals surface area contributed by atoms with E-state index in [1.165, 1.54) is 16.7 Å². The number of rotatable bonds is 4. The van der Waals surface area contributed by atoms with Gasteiger partial charge in [0.25, 0.3) is 0 Å². The minimum Gasteiger partial charge on any atom is -0.289 e. The van der Waals surface area contributed by atoms with E-state index in [9.17, 15) is 4.79 Å². The fourth-order valence-corrected chi connectivity index (χ4v) is 2.97. The number of thioether (sulfide) groups is 1. The van der Waals surface area contributed by atoms with Gasteiger partial charge in [0.15, 0.2) is 5.78 Å². The van der Waals surface area contributed by atoms with E-state index >= 15 is 0 Å². The molecule has 0 N–H and O–H groups in total. The lowest BCUT2D eigenvalue weighted by molar-refractivity contribution is 0.103. The topological polar surface area (TPSA) is 17.1 Å². The van der Waals surface area contributed by atoms with Gasteiger partial charge in [-0.15, -0.1) is 0 Å². The van der Waals surface area contributed by atoms with Gasteiger partial charge in [0.2, 0.25) is 0 Å². The highest BCUT2D eigenvalue weighted by Crippen LogP contribution is 2.29. The Labute approximate surface area is 131 Å². The molecule has 2 aromatic carbocycles. The van der Waals surface area contributed by atoms with Gasteiger partial charge in [0.05, 0.1) is 0 Å². The van der Waals surface area contributed by atoms with Crippen LogP contribution in [-0.4, -0.2) is 12.0 Å². The van der Waals surface area contributed by atoms with Gasteiger partial charge in [-0.25, -0.2) is 0 Å². The predicted octanol–water partition coefficient (Wildman–Crippen LogP) is 5.27. The lowest BCUT2D eigenvalue weighted by Crippen LogP contribution is -2.04. The number of ketones is 1. The average molecular weight is 298 g/mol. The first kappa shape index (κ1) is 15.8. The standard InChI is InChI=1S/C19H22OS/c1-12-6-7-16(10-13(12)2)19(20)17-8-9-18(14(3)11-17)15(4)21-5/h6-11,15H,1-5H3. The first-order valence-corrected chi connectivity index (χ1v) is 8.48. The maximum absolute atomic E-state index is 12.6. The minimum atomic E-state index is 0.101. The molecular weight excluding hydrogens is 276 g/mol. The molecule has 0 aromatic heterocycles. The molecule has 1 atom stereocenters. The summed E-state index contributed by atoms with van der Waals surface area (Å²) in [5.41, 5.74) is 6.40. The summed E-state index contributed by atoms with van der Waals surface area (Å²) in [6.07, 6.45) is 2.11. The molecule has 1 nitrogen and oxygen atoms in total. The van der Waals surface area contributed by atoms with Crippen LogP contribution in [0.5, 0.6) is 0 Å². The van der Waals surface area contributed by atoms with Crippen molar-refractivity contribution in [3.05, 3.63) is 69.8 Å². The van der Waals surface area contributed by atoms with Crippen LogP contribution < -0.4 is 0 Å². The number of aryl methyl sites for hydroxylation is 3. The Balaban J connectivity index is 2.35. The summed E-state index contributed by atoms with van der Waals surface area (Å²) in [5.74, 6) is 0.101. The molecule has 0 bridgehead atoms. The van der Waals surface area contributed by atoms with Crippen LogP contribution in [-0.2, 0) is 0 Å². The monoisotopic (exact) mass is 298 g/mol. The first-order valence-electron chi connectivity index (χ1n) is 7.19. The third kappa shape index (κ3) is 3.38. The van der Waals surface area contributed by atoms with E-state index in [1.807, 2.05) is 49.0 Å². The molecule has 0 heterocycles. The Bertz CT molecular complexity index is 673. The second-order valence-electron chi connectivity index (χ2n) is 5.58. The molecule has 0 fully saturated rings. The van der Waals surface area contributed by atoms with Crippen LogP contribution in [0.1, 0.15) is 50.3 Å². The van der Waals surface area contributed by atoms with Gasteiger partial charge in [0.1, 0.15) is 0 Å². The Hall–Kier alpha value is -1.54. The van der Waals surface area contributed by atoms with E-state index in [1.54, 1.807) is 0 Å². The van der Waals surface area contributed by atoms with E-state index in [0.717, 1.165) is 16.7 Å². The Morgan fingerprint density at radius 2 is 1.48 bits per heavy atom. The van der Waals surface area contributed by atoms with Crippen LogP contribution in [0.15, 0.2) is 36.4 Å². The molecule has 0 saturated carbocycles. The van der Waals surface area contributed by atoms with Crippen LogP contribution in [0.2, 0.25) is 0 Å². The van der Waals surface area contributed by atoms with Crippen molar-refractivity contribution < 1.29 is 4.79 Å². The molecule has 0 saturated heterocycles. The normalized spacial score (nSPS) is 12.2. The number of benzene rings is 2. The van der Waals surface area contributed by atoms with Crippen molar-refractivity contribution >= 4 is 17.5 Å². The molecule has 0 aliphatic rings. The quantitative estimate of drug-likeness (QED) is 0.716. The number of carbonyl (C=O) groups excluding carboxylic acids is 1. The zero-order valence-electron chi connectivity index (χ0n) is 13.4. The fourth-order valence-electron chi connectivity index (χ4n) is 2.45. The largest absolute Gasteiger partial charge is 0.289 e. The van der Waals surface area contributed by atoms with Crippen molar-refractivity contribution in [1.29, 1.82) is 0 Å². The first-order chi connectivity index (χ1) is 9.93. The third-order valence-electron chi connectivity index (χ3n) is 4.09. The summed E-state index contributed by atoms with van der Waals surface area (Å²) in [6, 6.07) is 12.0. The summed E-state index contributed by atoms with van der Waals surface area (Å²) >= 11 is 1.82. The molecule has 0 spiro atoms. The number of carbonyl (C=O) groups is 1. The van der Waals surface area contributed by atoms with Gasteiger partial charge >= 0.3 is 0 Å². The Kier molecular flexibility index (Phi) is 4.89. The predicted molar refractivity (Wildman–Crippen MR) is 92.5 cm³/mol. The van der Waals surface area contributed by atoms with Crippen molar-refractivity contribution in [2.45, 2.75) is 32.9 Å². The van der Waals surface area contributed by atoms with Crippen molar-refractivity contribution in [2.75, 3.05) is 6.26 Å². The van der Waals surface area contributed by atoms with Gasteiger partial charge in [-0.3, -0.25) is 4.79 Å². The van der Waals surface area contributed by atoms with E-state index in [2.05, 4.69) is 33.1 Å². The SMILES string of the molecule is CSC(C)c1ccc(C(=O)c2ccc(C)c(C)c2)cc1C. The highest BCUT2D eigenvalue weighted by molar-refractivity contribution is 7.98. The fraction of sp³-hybridized carbons (Fsp3) is 0.316. The summed E-state index contributed by atoms with van der Waals surface area (Å²) in [5, 5.41) is 0.454. The number of hydrogen-bond acceptors (Lipinski definition) is 2. The molecule has 0 amide bonds. The zero-order chi connectivity index (χ0) is 15.6. The maximum Gasteiger partial charge on any atom is 0.193 e. The minimum absolute atomic E-state index is 0.101. The smallest absolute Gasteiger partial charge is 0.193 e. The van der Waals surface area contributed by atoms with Crippen LogP contribution in [0.25, 0.3) is 0 Å². The van der Waals surface area contributed by atoms with Crippen molar-refractivity contribution in [3.8, 4) is 0 Å². The molecule has 2 aromatic rings. The van der Waals surface area contributed by atoms with E-state index < -0.39 is 0 Å². The van der Waals surface area contributed by atoms with Gasteiger partial charge in [0, 0.05) is 16.4 Å². The maximum atomic E-state index is 12.6. The van der Waals surface area contributed by atoms with Gasteiger partial charge in [-0.2, -0.15) is 11.8 Å². The average Bonchev–Trinajstić information content (AvgIpc) is 2.48. The summed E-state index contributed by atoms with van der Waals surface area (Å²) in [4.78, 5) is 12.6. The van der Waals surface area contributed by atoms with E-state index in [0.29, 0.717) is 5.25 Å². The second kappa shape index (κ2) is 6.48. The van der Waals surface area contributed by atoms with Crippen LogP contribution in [0, 0.1) is 20.8 Å². The van der Waals surface area contributed by atoms with E-state index in [4.69, 9.17) is 0 Å². The Morgan fingerprint density at radius 3 is 2.00 bits per heavy atom. The Morgan fingerprint density at radius 1 is 0.905 bits per heavy atom. The van der Waals surface area contributed by atoms with Gasteiger partial charge < -0.3 is 0 Å². The van der Waals surface area contributed by atoms with Gasteiger partial charge in [-0.05, 0) is 68.3 Å². The molecule has 0 aliphatic carbocycles. The highest BCUT2D eigenvalue weighted by atomic mass is 32.2. The molecule has 2 rings (SSSR count). The second-order valence-corrected chi connectivity index (χ2v) is 6.76. The summed E-state index contributed by atoms with van der Waals surface area (Å²) < 4.78 is 0. The summed E-state index contributed by atoms with van der Waals surface area (Å²) in [7, 11) is 0. The molecule has 0 radical (unpaired) electrons. The number of hydrogen-bond donors (Lipinski definition) is 0. The summed E-state index contributed by atoms with van der Waals surface area (Å²) in [6.45, 7) is 8.38. The van der Waals surface area contributed by atoms with Crippen molar-refractivity contribution in [3.63, 3.8) is 0 Å². The highest BCUT2D eigenvalue weighted by Gasteiger charge is 2.13. The molecule has 110 valence electrons. The molecule has 0 aliphatic heterocycles. The molecule has 2 heteroatoms. The zero-order valence-corrected chi connectivity index (χ0v) is 14.2.